The summed E-state index contributed by atoms with van der Waals surface area (Å²) in [6.45, 7) is 4.21. The lowest BCUT2D eigenvalue weighted by Crippen LogP contribution is -2.32. The summed E-state index contributed by atoms with van der Waals surface area (Å²) in [6.07, 6.45) is 6.13. The van der Waals surface area contributed by atoms with E-state index in [0.29, 0.717) is 18.2 Å². The number of likely N-dealkylation sites (tertiary alicyclic amines) is 1. The van der Waals surface area contributed by atoms with Crippen molar-refractivity contribution in [2.75, 3.05) is 25.0 Å². The van der Waals surface area contributed by atoms with E-state index < -0.39 is 0 Å². The van der Waals surface area contributed by atoms with Gasteiger partial charge in [0.15, 0.2) is 0 Å². The molecule has 2 heterocycles. The molecule has 132 valence electrons. The van der Waals surface area contributed by atoms with E-state index in [1.165, 1.54) is 12.8 Å². The van der Waals surface area contributed by atoms with Crippen LogP contribution in [-0.4, -0.2) is 40.5 Å². The van der Waals surface area contributed by atoms with Crippen molar-refractivity contribution in [3.63, 3.8) is 0 Å². The molecule has 0 radical (unpaired) electrons. The fourth-order valence-electron chi connectivity index (χ4n) is 2.90. The van der Waals surface area contributed by atoms with Gasteiger partial charge in [0.05, 0.1) is 6.61 Å². The highest BCUT2D eigenvalue weighted by Crippen LogP contribution is 2.19. The molecule has 0 saturated carbocycles. The summed E-state index contributed by atoms with van der Waals surface area (Å²) in [4.78, 5) is 23.2. The second kappa shape index (κ2) is 8.46. The highest BCUT2D eigenvalue weighted by Gasteiger charge is 2.18. The number of hydrogen-bond donors (Lipinski definition) is 1. The molecule has 1 aliphatic rings. The van der Waals surface area contributed by atoms with Gasteiger partial charge in [-0.1, -0.05) is 12.8 Å². The van der Waals surface area contributed by atoms with Crippen LogP contribution in [0.2, 0.25) is 0 Å². The van der Waals surface area contributed by atoms with Crippen molar-refractivity contribution in [1.82, 2.24) is 14.9 Å². The van der Waals surface area contributed by atoms with E-state index in [0.717, 1.165) is 37.4 Å². The van der Waals surface area contributed by atoms with Gasteiger partial charge < -0.3 is 15.0 Å². The molecule has 1 amide bonds. The van der Waals surface area contributed by atoms with E-state index in [1.54, 1.807) is 12.3 Å². The van der Waals surface area contributed by atoms with Crippen molar-refractivity contribution in [3.8, 4) is 5.75 Å². The molecular weight excluding hydrogens is 316 g/mol. The van der Waals surface area contributed by atoms with Crippen LogP contribution in [0, 0.1) is 0 Å². The van der Waals surface area contributed by atoms with Gasteiger partial charge >= 0.3 is 0 Å². The highest BCUT2D eigenvalue weighted by molar-refractivity contribution is 5.92. The lowest BCUT2D eigenvalue weighted by Gasteiger charge is -2.19. The largest absolute Gasteiger partial charge is 0.494 e. The number of ether oxygens (including phenoxy) is 1. The number of benzene rings is 1. The van der Waals surface area contributed by atoms with Gasteiger partial charge in [-0.2, -0.15) is 0 Å². The maximum atomic E-state index is 12.7. The first-order valence-corrected chi connectivity index (χ1v) is 8.88. The van der Waals surface area contributed by atoms with Crippen LogP contribution in [0.3, 0.4) is 0 Å². The van der Waals surface area contributed by atoms with Gasteiger partial charge in [-0.3, -0.25) is 4.79 Å². The number of rotatable bonds is 5. The minimum Gasteiger partial charge on any atom is -0.494 e. The van der Waals surface area contributed by atoms with Gasteiger partial charge in [0, 0.05) is 25.0 Å². The Hall–Kier alpha value is -2.63. The van der Waals surface area contributed by atoms with Crippen LogP contribution in [0.5, 0.6) is 5.75 Å². The van der Waals surface area contributed by atoms with E-state index in [-0.39, 0.29) is 5.91 Å². The first-order valence-electron chi connectivity index (χ1n) is 8.88. The van der Waals surface area contributed by atoms with Gasteiger partial charge in [0.2, 0.25) is 5.95 Å². The second-order valence-corrected chi connectivity index (χ2v) is 6.05. The van der Waals surface area contributed by atoms with Crippen LogP contribution in [0.25, 0.3) is 0 Å². The molecule has 1 aromatic heterocycles. The van der Waals surface area contributed by atoms with Crippen LogP contribution in [-0.2, 0) is 0 Å². The number of carbonyl (C=O) groups is 1. The maximum absolute atomic E-state index is 12.7. The number of carbonyl (C=O) groups excluding carboxylic acids is 1. The van der Waals surface area contributed by atoms with Crippen LogP contribution in [0.4, 0.5) is 11.6 Å². The Balaban J connectivity index is 1.69. The predicted octanol–water partition coefficient (Wildman–Crippen LogP) is 3.64. The zero-order valence-electron chi connectivity index (χ0n) is 14.6. The summed E-state index contributed by atoms with van der Waals surface area (Å²) in [5.41, 5.74) is 1.29. The quantitative estimate of drug-likeness (QED) is 0.900. The number of aromatic nitrogens is 2. The van der Waals surface area contributed by atoms with Crippen LogP contribution in [0.15, 0.2) is 36.5 Å². The third-order valence-electron chi connectivity index (χ3n) is 4.19. The molecule has 0 aliphatic carbocycles. The Morgan fingerprint density at radius 3 is 2.52 bits per heavy atom. The number of hydrogen-bond acceptors (Lipinski definition) is 5. The lowest BCUT2D eigenvalue weighted by atomic mass is 10.2. The molecule has 1 N–H and O–H groups in total. The number of amides is 1. The molecule has 25 heavy (non-hydrogen) atoms. The third kappa shape index (κ3) is 4.68. The highest BCUT2D eigenvalue weighted by atomic mass is 16.5. The first kappa shape index (κ1) is 17.2. The fourth-order valence-corrected chi connectivity index (χ4v) is 2.90. The standard InChI is InChI=1S/C19H24N4O2/c1-2-25-16-9-7-15(8-10-16)21-19-20-12-11-17(22-19)18(24)23-13-5-3-4-6-14-23/h7-12H,2-6,13-14H2,1H3,(H,20,21,22). The van der Waals surface area contributed by atoms with Crippen molar-refractivity contribution in [2.24, 2.45) is 0 Å². The molecule has 1 aliphatic heterocycles. The molecule has 1 saturated heterocycles. The molecule has 0 atom stereocenters. The topological polar surface area (TPSA) is 67.3 Å². The molecule has 1 fully saturated rings. The van der Waals surface area contributed by atoms with Gasteiger partial charge in [-0.05, 0) is 50.1 Å². The fraction of sp³-hybridized carbons (Fsp3) is 0.421. The Labute approximate surface area is 148 Å². The summed E-state index contributed by atoms with van der Waals surface area (Å²) in [5, 5.41) is 3.14. The number of anilines is 2. The Kier molecular flexibility index (Phi) is 5.82. The summed E-state index contributed by atoms with van der Waals surface area (Å²) < 4.78 is 5.43. The average Bonchev–Trinajstić information content (AvgIpc) is 2.93. The van der Waals surface area contributed by atoms with E-state index >= 15 is 0 Å². The Bertz CT molecular complexity index is 695. The molecule has 3 rings (SSSR count). The summed E-state index contributed by atoms with van der Waals surface area (Å²) >= 11 is 0. The van der Waals surface area contributed by atoms with Crippen molar-refractivity contribution in [1.29, 1.82) is 0 Å². The zero-order chi connectivity index (χ0) is 17.5. The van der Waals surface area contributed by atoms with E-state index in [2.05, 4.69) is 15.3 Å². The van der Waals surface area contributed by atoms with Crippen LogP contribution in [0.1, 0.15) is 43.1 Å². The normalized spacial score (nSPS) is 14.7. The summed E-state index contributed by atoms with van der Waals surface area (Å²) in [7, 11) is 0. The number of nitrogens with one attached hydrogen (secondary N) is 1. The van der Waals surface area contributed by atoms with E-state index in [4.69, 9.17) is 4.74 Å². The third-order valence-corrected chi connectivity index (χ3v) is 4.19. The second-order valence-electron chi connectivity index (χ2n) is 6.05. The van der Waals surface area contributed by atoms with Crippen molar-refractivity contribution in [3.05, 3.63) is 42.2 Å². The predicted molar refractivity (Wildman–Crippen MR) is 97.3 cm³/mol. The van der Waals surface area contributed by atoms with Crippen LogP contribution >= 0.6 is 0 Å². The summed E-state index contributed by atoms with van der Waals surface area (Å²) in [6, 6.07) is 9.25. The molecule has 6 nitrogen and oxygen atoms in total. The molecule has 0 spiro atoms. The van der Waals surface area contributed by atoms with Crippen LogP contribution < -0.4 is 10.1 Å². The molecule has 6 heteroatoms. The lowest BCUT2D eigenvalue weighted by molar-refractivity contribution is 0.0755. The van der Waals surface area contributed by atoms with E-state index in [1.807, 2.05) is 36.1 Å². The van der Waals surface area contributed by atoms with E-state index in [9.17, 15) is 4.79 Å². The average molecular weight is 340 g/mol. The van der Waals surface area contributed by atoms with Gasteiger partial charge in [-0.25, -0.2) is 9.97 Å². The minimum absolute atomic E-state index is 0.0148. The maximum Gasteiger partial charge on any atom is 0.272 e. The monoisotopic (exact) mass is 340 g/mol. The molecule has 0 bridgehead atoms. The number of nitrogens with zero attached hydrogens (tertiary/aromatic N) is 3. The molecule has 2 aromatic rings. The minimum atomic E-state index is -0.0148. The van der Waals surface area contributed by atoms with Crippen molar-refractivity contribution in [2.45, 2.75) is 32.6 Å². The van der Waals surface area contributed by atoms with Gasteiger partial charge in [0.1, 0.15) is 11.4 Å². The molecular formula is C19H24N4O2. The van der Waals surface area contributed by atoms with Gasteiger partial charge in [-0.15, -0.1) is 0 Å². The smallest absolute Gasteiger partial charge is 0.272 e. The Morgan fingerprint density at radius 1 is 1.12 bits per heavy atom. The van der Waals surface area contributed by atoms with Crippen molar-refractivity contribution < 1.29 is 9.53 Å². The van der Waals surface area contributed by atoms with Crippen molar-refractivity contribution >= 4 is 17.5 Å². The Morgan fingerprint density at radius 2 is 1.84 bits per heavy atom. The summed E-state index contributed by atoms with van der Waals surface area (Å²) in [5.74, 6) is 1.22. The zero-order valence-corrected chi connectivity index (χ0v) is 14.6. The SMILES string of the molecule is CCOc1ccc(Nc2nccc(C(=O)N3CCCCCC3)n2)cc1. The van der Waals surface area contributed by atoms with Gasteiger partial charge in [0.25, 0.3) is 5.91 Å². The first-order chi connectivity index (χ1) is 12.3. The molecule has 0 unspecified atom stereocenters. The molecule has 1 aromatic carbocycles.